The SMILES string of the molecule is [2H]C([2H])([2H])C([2H])(N(CC(C)[C@@H](c1cc(C(C)O)c(C)cc1OC(=O)C(C)(C)CC)c1cccc(C)c1C)C(C)(C([2H])([2H])[2H])C([2H])(C)C)C([2H])([2H])C. The number of aliphatic hydroxyl groups is 1. The highest BCUT2D eigenvalue weighted by molar-refractivity contribution is 5.79. The number of carbonyl (C=O) groups is 1. The Balaban J connectivity index is 3.20. The summed E-state index contributed by atoms with van der Waals surface area (Å²) in [6, 6.07) is 5.96. The molecule has 5 atom stereocenters. The van der Waals surface area contributed by atoms with Gasteiger partial charge in [0.15, 0.2) is 0 Å². The molecule has 0 bridgehead atoms. The van der Waals surface area contributed by atoms with Crippen molar-refractivity contribution in [2.24, 2.45) is 17.2 Å². The fraction of sp³-hybridized carbons (Fsp3) is 0.649. The molecule has 0 aliphatic rings. The zero-order valence-electron chi connectivity index (χ0n) is 37.2. The van der Waals surface area contributed by atoms with Crippen LogP contribution in [0.25, 0.3) is 0 Å². The minimum Gasteiger partial charge on any atom is -0.426 e. The monoisotopic (exact) mass is 576 g/mol. The van der Waals surface area contributed by atoms with Crippen LogP contribution >= 0.6 is 0 Å². The largest absolute Gasteiger partial charge is 0.426 e. The van der Waals surface area contributed by atoms with Gasteiger partial charge in [0.2, 0.25) is 0 Å². The van der Waals surface area contributed by atoms with Crippen LogP contribution in [-0.2, 0) is 4.79 Å². The minimum atomic E-state index is -3.37. The Kier molecular flexibility index (Phi) is 7.57. The van der Waals surface area contributed by atoms with Gasteiger partial charge in [-0.3, -0.25) is 9.69 Å². The molecular formula is C37H59NO3. The first-order valence-corrected chi connectivity index (χ1v) is 14.6. The molecule has 41 heavy (non-hydrogen) atoms. The Morgan fingerprint density at radius 2 is 1.71 bits per heavy atom. The van der Waals surface area contributed by atoms with Gasteiger partial charge in [-0.1, -0.05) is 52.8 Å². The number of nitrogens with zero attached hydrogens (tertiary/aromatic N) is 1. The number of aryl methyl sites for hydroxylation is 2. The Morgan fingerprint density at radius 3 is 2.22 bits per heavy atom. The maximum absolute atomic E-state index is 13.6. The third-order valence-electron chi connectivity index (χ3n) is 8.86. The van der Waals surface area contributed by atoms with Crippen LogP contribution in [0, 0.1) is 38.0 Å². The Hall–Kier alpha value is -2.17. The predicted molar refractivity (Wildman–Crippen MR) is 174 cm³/mol. The summed E-state index contributed by atoms with van der Waals surface area (Å²) in [6.07, 6.45) is -3.23. The minimum absolute atomic E-state index is 0.214. The van der Waals surface area contributed by atoms with Crippen molar-refractivity contribution in [2.45, 2.75) is 133 Å². The van der Waals surface area contributed by atoms with Crippen LogP contribution in [0.4, 0.5) is 0 Å². The van der Waals surface area contributed by atoms with Gasteiger partial charge in [0.25, 0.3) is 0 Å². The molecule has 0 fully saturated rings. The first-order chi connectivity index (χ1) is 22.7. The van der Waals surface area contributed by atoms with E-state index in [1.807, 2.05) is 39.0 Å². The molecule has 0 aliphatic heterocycles. The van der Waals surface area contributed by atoms with E-state index in [4.69, 9.17) is 17.1 Å². The standard InChI is InChI=1S/C37H59NO3/c1-15-27(8)38(37(13,14)23(3)4)22-26(7)34(30-19-17-18-24(5)28(30)9)32-21-31(29(10)39)25(6)20-33(32)41-35(40)36(11,12)16-2/h17-21,23,26-27,29,34,39H,15-16,22H2,1-14H3/t26?,27?,29?,34-/m1/s1/i8D3,13D3,15D2,23D,27D/t26?,27?,29?,34-,37?. The van der Waals surface area contributed by atoms with Crippen LogP contribution in [0.2, 0.25) is 0 Å². The van der Waals surface area contributed by atoms with Gasteiger partial charge in [0.1, 0.15) is 5.75 Å². The highest BCUT2D eigenvalue weighted by atomic mass is 16.5. The van der Waals surface area contributed by atoms with Gasteiger partial charge < -0.3 is 9.84 Å². The van der Waals surface area contributed by atoms with Gasteiger partial charge in [0, 0.05) is 43.3 Å². The molecule has 0 saturated carbocycles. The summed E-state index contributed by atoms with van der Waals surface area (Å²) in [5, 5.41) is 10.8. The normalized spacial score (nSPS) is 22.4. The molecular weight excluding hydrogens is 506 g/mol. The zero-order chi connectivity index (χ0) is 40.1. The van der Waals surface area contributed by atoms with Crippen molar-refractivity contribution >= 4 is 5.97 Å². The lowest BCUT2D eigenvalue weighted by Gasteiger charge is -2.47. The van der Waals surface area contributed by atoms with E-state index < -0.39 is 73.4 Å². The summed E-state index contributed by atoms with van der Waals surface area (Å²) in [5.41, 5.74) is 1.03. The molecule has 1 N–H and O–H groups in total. The van der Waals surface area contributed by atoms with Crippen LogP contribution in [0.3, 0.4) is 0 Å². The first-order valence-electron chi connectivity index (χ1n) is 19.6. The summed E-state index contributed by atoms with van der Waals surface area (Å²) in [4.78, 5) is 14.5. The van der Waals surface area contributed by atoms with E-state index in [0.717, 1.165) is 28.5 Å². The van der Waals surface area contributed by atoms with E-state index in [1.165, 1.54) is 20.8 Å². The molecule has 2 aromatic carbocycles. The fourth-order valence-electron chi connectivity index (χ4n) is 5.07. The average molecular weight is 576 g/mol. The number of ether oxygens (including phenoxy) is 1. The van der Waals surface area contributed by atoms with Crippen molar-refractivity contribution in [3.05, 3.63) is 63.7 Å². The van der Waals surface area contributed by atoms with Crippen LogP contribution < -0.4 is 4.74 Å². The molecule has 0 heterocycles. The second-order valence-electron chi connectivity index (χ2n) is 12.6. The quantitative estimate of drug-likeness (QED) is 0.191. The van der Waals surface area contributed by atoms with Crippen LogP contribution in [0.15, 0.2) is 30.3 Å². The number of benzene rings is 2. The van der Waals surface area contributed by atoms with Crippen molar-refractivity contribution in [1.29, 1.82) is 0 Å². The molecule has 0 radical (unpaired) electrons. The maximum atomic E-state index is 13.6. The lowest BCUT2D eigenvalue weighted by atomic mass is 9.76. The fourth-order valence-corrected chi connectivity index (χ4v) is 5.07. The Labute approximate surface area is 265 Å². The Bertz CT molecular complexity index is 1490. The van der Waals surface area contributed by atoms with Crippen molar-refractivity contribution in [1.82, 2.24) is 4.90 Å². The number of esters is 1. The average Bonchev–Trinajstić information content (AvgIpc) is 2.95. The molecule has 2 aromatic rings. The molecule has 4 unspecified atom stereocenters. The van der Waals surface area contributed by atoms with Crippen LogP contribution in [0.5, 0.6) is 5.75 Å². The highest BCUT2D eigenvalue weighted by Crippen LogP contribution is 2.43. The van der Waals surface area contributed by atoms with E-state index in [2.05, 4.69) is 0 Å². The molecule has 0 aliphatic carbocycles. The van der Waals surface area contributed by atoms with Gasteiger partial charge in [-0.2, -0.15) is 0 Å². The third kappa shape index (κ3) is 7.82. The van der Waals surface area contributed by atoms with Crippen molar-refractivity contribution < 1.29 is 28.3 Å². The van der Waals surface area contributed by atoms with E-state index >= 15 is 0 Å². The summed E-state index contributed by atoms with van der Waals surface area (Å²) < 4.78 is 93.9. The van der Waals surface area contributed by atoms with Gasteiger partial charge in [-0.25, -0.2) is 0 Å². The number of aliphatic hydroxyl groups excluding tert-OH is 1. The smallest absolute Gasteiger partial charge is 0.316 e. The number of rotatable bonds is 13. The summed E-state index contributed by atoms with van der Waals surface area (Å²) in [5.74, 6) is -3.74. The van der Waals surface area contributed by atoms with E-state index in [0.29, 0.717) is 23.1 Å². The molecule has 0 amide bonds. The number of carbonyl (C=O) groups excluding carboxylic acids is 1. The molecule has 2 rings (SSSR count). The van der Waals surface area contributed by atoms with Gasteiger partial charge >= 0.3 is 5.97 Å². The molecule has 0 saturated heterocycles. The summed E-state index contributed by atoms with van der Waals surface area (Å²) >= 11 is 0. The van der Waals surface area contributed by atoms with Crippen molar-refractivity contribution in [3.8, 4) is 5.75 Å². The second kappa shape index (κ2) is 13.9. The zero-order valence-corrected chi connectivity index (χ0v) is 27.2. The maximum Gasteiger partial charge on any atom is 0.316 e. The molecule has 0 spiro atoms. The summed E-state index contributed by atoms with van der Waals surface area (Å²) in [6.45, 7) is 12.4. The molecule has 4 nitrogen and oxygen atoms in total. The summed E-state index contributed by atoms with van der Waals surface area (Å²) in [7, 11) is 0. The van der Waals surface area contributed by atoms with Crippen molar-refractivity contribution in [3.63, 3.8) is 0 Å². The van der Waals surface area contributed by atoms with E-state index in [9.17, 15) is 11.3 Å². The highest BCUT2D eigenvalue weighted by Gasteiger charge is 2.37. The van der Waals surface area contributed by atoms with E-state index in [1.54, 1.807) is 46.8 Å². The second-order valence-corrected chi connectivity index (χ2v) is 12.6. The first kappa shape index (κ1) is 22.4. The number of hydrogen-bond acceptors (Lipinski definition) is 4. The molecule has 4 heteroatoms. The van der Waals surface area contributed by atoms with Gasteiger partial charge in [-0.05, 0) is 127 Å². The lowest BCUT2D eigenvalue weighted by Crippen LogP contribution is -2.54. The van der Waals surface area contributed by atoms with E-state index in [-0.39, 0.29) is 5.75 Å². The predicted octanol–water partition coefficient (Wildman–Crippen LogP) is 9.31. The van der Waals surface area contributed by atoms with Crippen LogP contribution in [-0.4, -0.2) is 34.1 Å². The third-order valence-corrected chi connectivity index (χ3v) is 8.86. The Morgan fingerprint density at radius 1 is 1.05 bits per heavy atom. The molecule has 230 valence electrons. The number of hydrogen-bond donors (Lipinski definition) is 1. The van der Waals surface area contributed by atoms with Gasteiger partial charge in [-0.15, -0.1) is 0 Å². The van der Waals surface area contributed by atoms with Gasteiger partial charge in [0.05, 0.1) is 11.5 Å². The van der Waals surface area contributed by atoms with Crippen molar-refractivity contribution in [2.75, 3.05) is 6.54 Å². The lowest BCUT2D eigenvalue weighted by molar-refractivity contribution is -0.144. The molecule has 0 aromatic heterocycles. The van der Waals surface area contributed by atoms with Crippen LogP contribution in [0.1, 0.15) is 148 Å². The topological polar surface area (TPSA) is 49.8 Å².